The molecule has 1 atom stereocenters. The van der Waals surface area contributed by atoms with E-state index in [9.17, 15) is 4.79 Å². The molecule has 0 fully saturated rings. The Labute approximate surface area is 96.0 Å². The number of anilines is 2. The van der Waals surface area contributed by atoms with E-state index in [0.29, 0.717) is 12.3 Å². The van der Waals surface area contributed by atoms with Crippen molar-refractivity contribution in [3.8, 4) is 0 Å². The van der Waals surface area contributed by atoms with Gasteiger partial charge in [-0.05, 0) is 26.0 Å². The number of likely N-dealkylation sites (N-methyl/N-ethyl adjacent to an activating group) is 1. The van der Waals surface area contributed by atoms with Gasteiger partial charge in [0.05, 0.1) is 18.0 Å². The largest absolute Gasteiger partial charge is 0.464 e. The molecule has 0 aliphatic heterocycles. The summed E-state index contributed by atoms with van der Waals surface area (Å²) >= 11 is 0. The normalized spacial score (nSPS) is 11.9. The zero-order chi connectivity index (χ0) is 12.1. The molecule has 0 radical (unpaired) electrons. The number of para-hydroxylation sites is 2. The Kier molecular flexibility index (Phi) is 4.17. The second-order valence-corrected chi connectivity index (χ2v) is 3.60. The van der Waals surface area contributed by atoms with Crippen LogP contribution in [-0.2, 0) is 9.53 Å². The fraction of sp³-hybridized carbons (Fsp3) is 0.417. The zero-order valence-corrected chi connectivity index (χ0v) is 9.93. The van der Waals surface area contributed by atoms with Crippen molar-refractivity contribution in [2.75, 3.05) is 24.3 Å². The third kappa shape index (κ3) is 2.66. The molecule has 0 amide bonds. The lowest BCUT2D eigenvalue weighted by Gasteiger charge is -2.26. The maximum Gasteiger partial charge on any atom is 0.328 e. The molecular formula is C12H18N2O2. The molecule has 0 aliphatic carbocycles. The minimum absolute atomic E-state index is 0.242. The van der Waals surface area contributed by atoms with Gasteiger partial charge in [0.15, 0.2) is 0 Å². The lowest BCUT2D eigenvalue weighted by atomic mass is 10.2. The highest BCUT2D eigenvalue weighted by Gasteiger charge is 2.20. The highest BCUT2D eigenvalue weighted by atomic mass is 16.5. The summed E-state index contributed by atoms with van der Waals surface area (Å²) in [6.45, 7) is 3.98. The summed E-state index contributed by atoms with van der Waals surface area (Å²) < 4.78 is 4.96. The Balaban J connectivity index is 2.82. The highest BCUT2D eigenvalue weighted by Crippen LogP contribution is 2.23. The summed E-state index contributed by atoms with van der Waals surface area (Å²) in [7, 11) is 1.83. The van der Waals surface area contributed by atoms with Gasteiger partial charge in [0, 0.05) is 7.05 Å². The number of nitrogen functional groups attached to an aromatic ring is 1. The molecule has 0 bridgehead atoms. The number of hydrogen-bond donors (Lipinski definition) is 1. The van der Waals surface area contributed by atoms with Crippen LogP contribution in [-0.4, -0.2) is 25.7 Å². The van der Waals surface area contributed by atoms with Crippen LogP contribution in [0.25, 0.3) is 0 Å². The third-order valence-electron chi connectivity index (χ3n) is 2.53. The number of rotatable bonds is 4. The van der Waals surface area contributed by atoms with Gasteiger partial charge in [-0.2, -0.15) is 0 Å². The standard InChI is InChI=1S/C12H18N2O2/c1-4-16-12(15)9(2)14(3)11-8-6-5-7-10(11)13/h5-9H,4,13H2,1-3H3. The zero-order valence-electron chi connectivity index (χ0n) is 9.93. The van der Waals surface area contributed by atoms with Crippen molar-refractivity contribution >= 4 is 17.3 Å². The molecule has 1 unspecified atom stereocenters. The van der Waals surface area contributed by atoms with Crippen molar-refractivity contribution in [1.82, 2.24) is 0 Å². The summed E-state index contributed by atoms with van der Waals surface area (Å²) in [6.07, 6.45) is 0. The first-order valence-corrected chi connectivity index (χ1v) is 5.32. The van der Waals surface area contributed by atoms with E-state index in [1.54, 1.807) is 13.8 Å². The number of esters is 1. The van der Waals surface area contributed by atoms with Crippen LogP contribution in [0.5, 0.6) is 0 Å². The van der Waals surface area contributed by atoms with Crippen molar-refractivity contribution in [2.45, 2.75) is 19.9 Å². The van der Waals surface area contributed by atoms with Gasteiger partial charge in [0.2, 0.25) is 0 Å². The number of ether oxygens (including phenoxy) is 1. The van der Waals surface area contributed by atoms with E-state index in [0.717, 1.165) is 5.69 Å². The molecule has 0 saturated heterocycles. The van der Waals surface area contributed by atoms with Crippen LogP contribution in [0, 0.1) is 0 Å². The fourth-order valence-corrected chi connectivity index (χ4v) is 1.44. The van der Waals surface area contributed by atoms with Gasteiger partial charge in [-0.1, -0.05) is 12.1 Å². The molecule has 1 aromatic carbocycles. The Bertz CT molecular complexity index is 366. The van der Waals surface area contributed by atoms with Gasteiger partial charge in [0.1, 0.15) is 6.04 Å². The maximum atomic E-state index is 11.6. The van der Waals surface area contributed by atoms with Crippen LogP contribution in [0.15, 0.2) is 24.3 Å². The maximum absolute atomic E-state index is 11.6. The van der Waals surface area contributed by atoms with E-state index in [4.69, 9.17) is 10.5 Å². The number of nitrogens with two attached hydrogens (primary N) is 1. The monoisotopic (exact) mass is 222 g/mol. The van der Waals surface area contributed by atoms with Crippen molar-refractivity contribution in [3.05, 3.63) is 24.3 Å². The number of hydrogen-bond acceptors (Lipinski definition) is 4. The van der Waals surface area contributed by atoms with E-state index < -0.39 is 0 Å². The van der Waals surface area contributed by atoms with Crippen LogP contribution in [0.1, 0.15) is 13.8 Å². The molecule has 0 aliphatic rings. The molecule has 0 aromatic heterocycles. The first kappa shape index (κ1) is 12.4. The summed E-state index contributed by atoms with van der Waals surface area (Å²) in [4.78, 5) is 13.4. The van der Waals surface area contributed by atoms with Crippen LogP contribution < -0.4 is 10.6 Å². The van der Waals surface area contributed by atoms with Gasteiger partial charge in [-0.3, -0.25) is 0 Å². The first-order chi connectivity index (χ1) is 7.57. The van der Waals surface area contributed by atoms with Crippen LogP contribution in [0.4, 0.5) is 11.4 Å². The third-order valence-corrected chi connectivity index (χ3v) is 2.53. The molecule has 0 saturated carbocycles. The number of carbonyl (C=O) groups is 1. The predicted molar refractivity (Wildman–Crippen MR) is 65.4 cm³/mol. The average molecular weight is 222 g/mol. The van der Waals surface area contributed by atoms with Gasteiger partial charge in [0.25, 0.3) is 0 Å². The number of carbonyl (C=O) groups excluding carboxylic acids is 1. The second-order valence-electron chi connectivity index (χ2n) is 3.60. The summed E-state index contributed by atoms with van der Waals surface area (Å²) in [5, 5.41) is 0. The van der Waals surface area contributed by atoms with Gasteiger partial charge in [-0.25, -0.2) is 4.79 Å². The summed E-state index contributed by atoms with van der Waals surface area (Å²) in [6, 6.07) is 7.10. The van der Waals surface area contributed by atoms with E-state index in [1.807, 2.05) is 36.2 Å². The second kappa shape index (κ2) is 5.39. The summed E-state index contributed by atoms with van der Waals surface area (Å²) in [5.74, 6) is -0.242. The average Bonchev–Trinajstić information content (AvgIpc) is 2.28. The Morgan fingerprint density at radius 1 is 1.50 bits per heavy atom. The Morgan fingerprint density at radius 3 is 2.69 bits per heavy atom. The van der Waals surface area contributed by atoms with Gasteiger partial charge >= 0.3 is 5.97 Å². The molecular weight excluding hydrogens is 204 g/mol. The fourth-order valence-electron chi connectivity index (χ4n) is 1.44. The van der Waals surface area contributed by atoms with E-state index in [2.05, 4.69) is 0 Å². The molecule has 0 spiro atoms. The molecule has 16 heavy (non-hydrogen) atoms. The van der Waals surface area contributed by atoms with Crippen molar-refractivity contribution in [1.29, 1.82) is 0 Å². The lowest BCUT2D eigenvalue weighted by Crippen LogP contribution is -2.37. The van der Waals surface area contributed by atoms with Crippen LogP contribution >= 0.6 is 0 Å². The van der Waals surface area contributed by atoms with E-state index >= 15 is 0 Å². The predicted octanol–water partition coefficient (Wildman–Crippen LogP) is 1.66. The molecule has 4 heteroatoms. The Morgan fingerprint density at radius 2 is 2.12 bits per heavy atom. The smallest absolute Gasteiger partial charge is 0.328 e. The van der Waals surface area contributed by atoms with Crippen molar-refractivity contribution in [2.24, 2.45) is 0 Å². The SMILES string of the molecule is CCOC(=O)C(C)N(C)c1ccccc1N. The quantitative estimate of drug-likeness (QED) is 0.621. The number of benzene rings is 1. The lowest BCUT2D eigenvalue weighted by molar-refractivity contribution is -0.144. The molecule has 4 nitrogen and oxygen atoms in total. The van der Waals surface area contributed by atoms with E-state index in [1.165, 1.54) is 0 Å². The highest BCUT2D eigenvalue weighted by molar-refractivity contribution is 5.81. The molecule has 1 aromatic rings. The minimum atomic E-state index is -0.343. The Hall–Kier alpha value is -1.71. The van der Waals surface area contributed by atoms with Gasteiger partial charge in [-0.15, -0.1) is 0 Å². The topological polar surface area (TPSA) is 55.6 Å². The van der Waals surface area contributed by atoms with Crippen molar-refractivity contribution < 1.29 is 9.53 Å². The minimum Gasteiger partial charge on any atom is -0.464 e. The van der Waals surface area contributed by atoms with E-state index in [-0.39, 0.29) is 12.0 Å². The molecule has 1 rings (SSSR count). The molecule has 88 valence electrons. The number of nitrogens with zero attached hydrogens (tertiary/aromatic N) is 1. The van der Waals surface area contributed by atoms with Crippen LogP contribution in [0.3, 0.4) is 0 Å². The first-order valence-electron chi connectivity index (χ1n) is 5.32. The van der Waals surface area contributed by atoms with Crippen molar-refractivity contribution in [3.63, 3.8) is 0 Å². The van der Waals surface area contributed by atoms with Crippen LogP contribution in [0.2, 0.25) is 0 Å². The van der Waals surface area contributed by atoms with Gasteiger partial charge < -0.3 is 15.4 Å². The molecule has 0 heterocycles. The summed E-state index contributed by atoms with van der Waals surface area (Å²) in [5.41, 5.74) is 7.33. The molecule has 2 N–H and O–H groups in total.